The van der Waals surface area contributed by atoms with Gasteiger partial charge in [0.05, 0.1) is 38.2 Å². The second kappa shape index (κ2) is 7.53. The quantitative estimate of drug-likeness (QED) is 0.689. The highest BCUT2D eigenvalue weighted by Crippen LogP contribution is 2.27. The molecule has 1 heterocycles. The van der Waals surface area contributed by atoms with E-state index in [1.54, 1.807) is 18.4 Å². The van der Waals surface area contributed by atoms with E-state index < -0.39 is 5.97 Å². The Bertz CT molecular complexity index is 1020. The molecule has 1 aromatic heterocycles. The Morgan fingerprint density at radius 3 is 2.59 bits per heavy atom. The monoisotopic (exact) mass is 367 g/mol. The number of anilines is 1. The van der Waals surface area contributed by atoms with Crippen LogP contribution >= 0.6 is 0 Å². The van der Waals surface area contributed by atoms with E-state index >= 15 is 0 Å². The number of aryl methyl sites for hydroxylation is 2. The molecule has 0 aliphatic heterocycles. The number of furan rings is 1. The van der Waals surface area contributed by atoms with Crippen molar-refractivity contribution in [2.24, 2.45) is 0 Å². The first kappa shape index (κ1) is 18.5. The van der Waals surface area contributed by atoms with E-state index in [9.17, 15) is 9.59 Å². The van der Waals surface area contributed by atoms with E-state index in [0.717, 1.165) is 27.7 Å². The molecule has 0 fully saturated rings. The molecule has 0 unspecified atom stereocenters. The zero-order valence-corrected chi connectivity index (χ0v) is 15.7. The van der Waals surface area contributed by atoms with Crippen LogP contribution in [0.15, 0.2) is 41.0 Å². The number of rotatable bonds is 5. The maximum Gasteiger partial charge on any atom is 0.340 e. The topological polar surface area (TPSA) is 77.8 Å². The number of nitrogens with one attached hydrogen (secondary N) is 1. The predicted molar refractivity (Wildman–Crippen MR) is 102 cm³/mol. The molecule has 0 aliphatic rings. The summed E-state index contributed by atoms with van der Waals surface area (Å²) in [6, 6.07) is 8.77. The lowest BCUT2D eigenvalue weighted by molar-refractivity contribution is -0.115. The molecule has 0 bridgehead atoms. The van der Waals surface area contributed by atoms with Crippen LogP contribution in [0.1, 0.15) is 27.0 Å². The third-order valence-corrected chi connectivity index (χ3v) is 4.60. The number of benzene rings is 2. The summed E-state index contributed by atoms with van der Waals surface area (Å²) in [5.41, 5.74) is 4.37. The van der Waals surface area contributed by atoms with Crippen molar-refractivity contribution in [3.63, 3.8) is 0 Å². The minimum atomic E-state index is -0.552. The maximum atomic E-state index is 12.6. The van der Waals surface area contributed by atoms with Crippen molar-refractivity contribution in [1.29, 1.82) is 0 Å². The SMILES string of the molecule is COC(=O)c1cc(OC)ccc1NC(=O)Cc1coc2c(C)c(C)ccc12. The van der Waals surface area contributed by atoms with Gasteiger partial charge in [-0.3, -0.25) is 4.79 Å². The molecule has 3 rings (SSSR count). The van der Waals surface area contributed by atoms with Gasteiger partial charge in [-0.2, -0.15) is 0 Å². The molecule has 140 valence electrons. The molecular weight excluding hydrogens is 346 g/mol. The third-order valence-electron chi connectivity index (χ3n) is 4.60. The number of methoxy groups -OCH3 is 2. The Kier molecular flexibility index (Phi) is 5.16. The zero-order chi connectivity index (χ0) is 19.6. The minimum Gasteiger partial charge on any atom is -0.497 e. The first-order valence-corrected chi connectivity index (χ1v) is 8.47. The molecular formula is C21H21NO5. The van der Waals surface area contributed by atoms with Crippen LogP contribution in [0.4, 0.5) is 5.69 Å². The first-order chi connectivity index (χ1) is 12.9. The van der Waals surface area contributed by atoms with Crippen molar-refractivity contribution in [3.05, 3.63) is 58.8 Å². The van der Waals surface area contributed by atoms with Crippen molar-refractivity contribution in [1.82, 2.24) is 0 Å². The van der Waals surface area contributed by atoms with Gasteiger partial charge in [-0.1, -0.05) is 12.1 Å². The average molecular weight is 367 g/mol. The summed E-state index contributed by atoms with van der Waals surface area (Å²) < 4.78 is 15.6. The Balaban J connectivity index is 1.85. The van der Waals surface area contributed by atoms with Crippen LogP contribution in [0.2, 0.25) is 0 Å². The van der Waals surface area contributed by atoms with E-state index in [4.69, 9.17) is 13.9 Å². The summed E-state index contributed by atoms with van der Waals surface area (Å²) in [7, 11) is 2.79. The maximum absolute atomic E-state index is 12.6. The number of esters is 1. The number of carbonyl (C=O) groups excluding carboxylic acids is 2. The highest BCUT2D eigenvalue weighted by Gasteiger charge is 2.17. The Morgan fingerprint density at radius 2 is 1.89 bits per heavy atom. The molecule has 27 heavy (non-hydrogen) atoms. The number of fused-ring (bicyclic) bond motifs is 1. The molecule has 0 saturated carbocycles. The van der Waals surface area contributed by atoms with Gasteiger partial charge < -0.3 is 19.2 Å². The van der Waals surface area contributed by atoms with Crippen LogP contribution in [0.25, 0.3) is 11.0 Å². The van der Waals surface area contributed by atoms with E-state index in [0.29, 0.717) is 11.4 Å². The minimum absolute atomic E-state index is 0.127. The second-order valence-corrected chi connectivity index (χ2v) is 6.27. The van der Waals surface area contributed by atoms with Gasteiger partial charge in [0.25, 0.3) is 0 Å². The third kappa shape index (κ3) is 3.65. The van der Waals surface area contributed by atoms with Crippen LogP contribution in [0.5, 0.6) is 5.75 Å². The molecule has 3 aromatic rings. The molecule has 0 spiro atoms. The van der Waals surface area contributed by atoms with Crippen molar-refractivity contribution >= 4 is 28.5 Å². The molecule has 2 aromatic carbocycles. The fraction of sp³-hybridized carbons (Fsp3) is 0.238. The van der Waals surface area contributed by atoms with Gasteiger partial charge in [0.1, 0.15) is 11.3 Å². The first-order valence-electron chi connectivity index (χ1n) is 8.47. The number of ether oxygens (including phenoxy) is 2. The smallest absolute Gasteiger partial charge is 0.340 e. The van der Waals surface area contributed by atoms with E-state index in [2.05, 4.69) is 5.32 Å². The largest absolute Gasteiger partial charge is 0.497 e. The van der Waals surface area contributed by atoms with Gasteiger partial charge in [-0.25, -0.2) is 4.79 Å². The van der Waals surface area contributed by atoms with Crippen LogP contribution < -0.4 is 10.1 Å². The molecule has 6 nitrogen and oxygen atoms in total. The van der Waals surface area contributed by atoms with Gasteiger partial charge in [0.15, 0.2) is 0 Å². The summed E-state index contributed by atoms with van der Waals surface area (Å²) in [6.07, 6.45) is 1.73. The normalized spacial score (nSPS) is 10.7. The van der Waals surface area contributed by atoms with E-state index in [1.807, 2.05) is 26.0 Å². The summed E-state index contributed by atoms with van der Waals surface area (Å²) in [5, 5.41) is 3.68. The van der Waals surface area contributed by atoms with Crippen molar-refractivity contribution in [2.75, 3.05) is 19.5 Å². The van der Waals surface area contributed by atoms with Crippen LogP contribution in [0, 0.1) is 13.8 Å². The van der Waals surface area contributed by atoms with E-state index in [-0.39, 0.29) is 17.9 Å². The van der Waals surface area contributed by atoms with Crippen LogP contribution in [0.3, 0.4) is 0 Å². The zero-order valence-electron chi connectivity index (χ0n) is 15.7. The van der Waals surface area contributed by atoms with Gasteiger partial charge in [0.2, 0.25) is 5.91 Å². The van der Waals surface area contributed by atoms with Gasteiger partial charge in [-0.05, 0) is 43.2 Å². The standard InChI is InChI=1S/C21H21NO5/c1-12-5-7-16-14(11-27-20(16)13(12)2)9-19(23)22-18-8-6-15(25-3)10-17(18)21(24)26-4/h5-8,10-11H,9H2,1-4H3,(H,22,23). The molecule has 0 atom stereocenters. The number of amides is 1. The summed E-state index contributed by atoms with van der Waals surface area (Å²) in [5.74, 6) is -0.310. The molecule has 0 aliphatic carbocycles. The van der Waals surface area contributed by atoms with Crippen LogP contribution in [-0.2, 0) is 16.0 Å². The molecule has 1 N–H and O–H groups in total. The van der Waals surface area contributed by atoms with Crippen molar-refractivity contribution in [3.8, 4) is 5.75 Å². The lowest BCUT2D eigenvalue weighted by Gasteiger charge is -2.11. The van der Waals surface area contributed by atoms with Gasteiger partial charge in [-0.15, -0.1) is 0 Å². The highest BCUT2D eigenvalue weighted by molar-refractivity contribution is 6.03. The average Bonchev–Trinajstić information content (AvgIpc) is 3.07. The van der Waals surface area contributed by atoms with E-state index in [1.165, 1.54) is 20.3 Å². The fourth-order valence-corrected chi connectivity index (χ4v) is 2.93. The number of hydrogen-bond donors (Lipinski definition) is 1. The van der Waals surface area contributed by atoms with Crippen molar-refractivity contribution in [2.45, 2.75) is 20.3 Å². The van der Waals surface area contributed by atoms with Crippen molar-refractivity contribution < 1.29 is 23.5 Å². The Hall–Kier alpha value is -3.28. The lowest BCUT2D eigenvalue weighted by Crippen LogP contribution is -2.17. The molecule has 1 amide bonds. The fourth-order valence-electron chi connectivity index (χ4n) is 2.93. The lowest BCUT2D eigenvalue weighted by atomic mass is 10.0. The number of hydrogen-bond acceptors (Lipinski definition) is 5. The van der Waals surface area contributed by atoms with Gasteiger partial charge in [0, 0.05) is 10.9 Å². The summed E-state index contributed by atoms with van der Waals surface area (Å²) >= 11 is 0. The number of carbonyl (C=O) groups is 2. The molecule has 0 radical (unpaired) electrons. The predicted octanol–water partition coefficient (Wildman–Crippen LogP) is 4.03. The molecule has 6 heteroatoms. The molecule has 0 saturated heterocycles. The Morgan fingerprint density at radius 1 is 1.11 bits per heavy atom. The second-order valence-electron chi connectivity index (χ2n) is 6.27. The highest BCUT2D eigenvalue weighted by atomic mass is 16.5. The van der Waals surface area contributed by atoms with Crippen LogP contribution in [-0.4, -0.2) is 26.1 Å². The summed E-state index contributed by atoms with van der Waals surface area (Å²) in [4.78, 5) is 24.6. The summed E-state index contributed by atoms with van der Waals surface area (Å²) in [6.45, 7) is 4.01. The Labute approximate surface area is 157 Å². The van der Waals surface area contributed by atoms with Gasteiger partial charge >= 0.3 is 5.97 Å².